The molecule has 4 nitrogen and oxygen atoms in total. The number of hydrogen-bond acceptors (Lipinski definition) is 3. The van der Waals surface area contributed by atoms with Crippen LogP contribution in [0.2, 0.25) is 0 Å². The van der Waals surface area contributed by atoms with Crippen molar-refractivity contribution in [3.8, 4) is 5.69 Å². The molecule has 1 aromatic heterocycles. The third kappa shape index (κ3) is 2.00. The van der Waals surface area contributed by atoms with Crippen molar-refractivity contribution < 1.29 is 4.79 Å². The van der Waals surface area contributed by atoms with Crippen LogP contribution in [0, 0.1) is 0 Å². The minimum absolute atomic E-state index is 0.341. The first-order valence-electron chi connectivity index (χ1n) is 5.18. The molecule has 82 valence electrons. The van der Waals surface area contributed by atoms with E-state index >= 15 is 0 Å². The third-order valence-corrected chi connectivity index (χ3v) is 2.46. The van der Waals surface area contributed by atoms with Crippen LogP contribution in [0.4, 0.5) is 0 Å². The van der Waals surface area contributed by atoms with Gasteiger partial charge in [0, 0.05) is 0 Å². The Morgan fingerprint density at radius 2 is 1.94 bits per heavy atom. The quantitative estimate of drug-likeness (QED) is 0.737. The van der Waals surface area contributed by atoms with Crippen LogP contribution >= 0.6 is 0 Å². The highest BCUT2D eigenvalue weighted by molar-refractivity contribution is 5.70. The van der Waals surface area contributed by atoms with Gasteiger partial charge >= 0.3 is 0 Å². The highest BCUT2D eigenvalue weighted by Gasteiger charge is 2.03. The van der Waals surface area contributed by atoms with Crippen molar-refractivity contribution in [3.05, 3.63) is 41.7 Å². The van der Waals surface area contributed by atoms with Gasteiger partial charge in [0.05, 0.1) is 11.9 Å². The Balaban J connectivity index is 2.30. The number of rotatable bonds is 3. The molecule has 0 bridgehead atoms. The maximum atomic E-state index is 10.5. The van der Waals surface area contributed by atoms with Crippen LogP contribution in [-0.4, -0.2) is 21.3 Å². The summed E-state index contributed by atoms with van der Waals surface area (Å²) in [6.07, 6.45) is 2.30. The zero-order chi connectivity index (χ0) is 11.5. The summed E-state index contributed by atoms with van der Waals surface area (Å²) in [6, 6.07) is 8.06. The molecule has 0 aliphatic rings. The maximum Gasteiger partial charge on any atom is 0.171 e. The Labute approximate surface area is 93.9 Å². The standard InChI is InChI=1S/C12H13N3O/c1-9(2)10-3-5-12(6-4-10)15-7-11(8-16)13-14-15/h3-9H,1-2H3. The Bertz CT molecular complexity index is 485. The highest BCUT2D eigenvalue weighted by Crippen LogP contribution is 2.16. The van der Waals surface area contributed by atoms with E-state index in [1.54, 1.807) is 10.9 Å². The van der Waals surface area contributed by atoms with Crippen molar-refractivity contribution in [1.82, 2.24) is 15.0 Å². The lowest BCUT2D eigenvalue weighted by Crippen LogP contribution is -1.95. The Hall–Kier alpha value is -1.97. The Morgan fingerprint density at radius 3 is 2.44 bits per heavy atom. The molecule has 1 aromatic carbocycles. The molecule has 0 fully saturated rings. The lowest BCUT2D eigenvalue weighted by molar-refractivity contribution is 0.111. The van der Waals surface area contributed by atoms with Crippen molar-refractivity contribution in [2.75, 3.05) is 0 Å². The fraction of sp³-hybridized carbons (Fsp3) is 0.250. The molecule has 0 radical (unpaired) electrons. The van der Waals surface area contributed by atoms with Gasteiger partial charge in [-0.1, -0.05) is 31.2 Å². The Morgan fingerprint density at radius 1 is 1.25 bits per heavy atom. The van der Waals surface area contributed by atoms with Gasteiger partial charge in [-0.05, 0) is 23.6 Å². The minimum Gasteiger partial charge on any atom is -0.296 e. The number of benzene rings is 1. The molecule has 2 rings (SSSR count). The molecule has 0 spiro atoms. The van der Waals surface area contributed by atoms with Gasteiger partial charge in [0.1, 0.15) is 5.69 Å². The zero-order valence-electron chi connectivity index (χ0n) is 9.29. The van der Waals surface area contributed by atoms with Crippen LogP contribution < -0.4 is 0 Å². The first-order valence-corrected chi connectivity index (χ1v) is 5.18. The van der Waals surface area contributed by atoms with E-state index in [0.717, 1.165) is 5.69 Å². The second-order valence-electron chi connectivity index (χ2n) is 3.95. The minimum atomic E-state index is 0.341. The van der Waals surface area contributed by atoms with Crippen molar-refractivity contribution in [2.24, 2.45) is 0 Å². The van der Waals surface area contributed by atoms with Gasteiger partial charge in [-0.3, -0.25) is 4.79 Å². The third-order valence-electron chi connectivity index (χ3n) is 2.46. The summed E-state index contributed by atoms with van der Waals surface area (Å²) in [6.45, 7) is 4.30. The average molecular weight is 215 g/mol. The molecule has 0 aliphatic heterocycles. The lowest BCUT2D eigenvalue weighted by Gasteiger charge is -2.06. The largest absolute Gasteiger partial charge is 0.296 e. The van der Waals surface area contributed by atoms with Gasteiger partial charge in [-0.25, -0.2) is 4.68 Å². The van der Waals surface area contributed by atoms with Gasteiger partial charge < -0.3 is 0 Å². The summed E-state index contributed by atoms with van der Waals surface area (Å²) >= 11 is 0. The van der Waals surface area contributed by atoms with Crippen molar-refractivity contribution in [3.63, 3.8) is 0 Å². The van der Waals surface area contributed by atoms with E-state index < -0.39 is 0 Å². The summed E-state index contributed by atoms with van der Waals surface area (Å²) in [4.78, 5) is 10.5. The van der Waals surface area contributed by atoms with Crippen LogP contribution in [0.25, 0.3) is 5.69 Å². The zero-order valence-corrected chi connectivity index (χ0v) is 9.29. The van der Waals surface area contributed by atoms with E-state index in [4.69, 9.17) is 0 Å². The van der Waals surface area contributed by atoms with E-state index in [-0.39, 0.29) is 0 Å². The molecule has 0 aliphatic carbocycles. The first-order chi connectivity index (χ1) is 7.70. The predicted octanol–water partition coefficient (Wildman–Crippen LogP) is 2.20. The molecule has 0 saturated heterocycles. The van der Waals surface area contributed by atoms with Crippen LogP contribution in [-0.2, 0) is 0 Å². The topological polar surface area (TPSA) is 47.8 Å². The molecule has 2 aromatic rings. The summed E-state index contributed by atoms with van der Waals surface area (Å²) in [5, 5.41) is 7.58. The molecule has 0 unspecified atom stereocenters. The average Bonchev–Trinajstić information content (AvgIpc) is 2.77. The molecule has 4 heteroatoms. The predicted molar refractivity (Wildman–Crippen MR) is 60.8 cm³/mol. The second kappa shape index (κ2) is 4.26. The number of nitrogens with zero attached hydrogens (tertiary/aromatic N) is 3. The van der Waals surface area contributed by atoms with Gasteiger partial charge in [-0.15, -0.1) is 5.10 Å². The monoisotopic (exact) mass is 215 g/mol. The summed E-state index contributed by atoms with van der Waals surface area (Å²) < 4.78 is 1.59. The normalized spacial score (nSPS) is 10.7. The van der Waals surface area contributed by atoms with Crippen molar-refractivity contribution in [2.45, 2.75) is 19.8 Å². The fourth-order valence-corrected chi connectivity index (χ4v) is 1.47. The summed E-state index contributed by atoms with van der Waals surface area (Å²) in [5.74, 6) is 0.510. The number of carbonyl (C=O) groups is 1. The van der Waals surface area contributed by atoms with E-state index in [1.807, 2.05) is 12.1 Å². The van der Waals surface area contributed by atoms with E-state index in [1.165, 1.54) is 5.56 Å². The molecule has 0 atom stereocenters. The molecule has 16 heavy (non-hydrogen) atoms. The molecule has 0 N–H and O–H groups in total. The smallest absolute Gasteiger partial charge is 0.171 e. The first kappa shape index (κ1) is 10.5. The highest BCUT2D eigenvalue weighted by atomic mass is 16.1. The van der Waals surface area contributed by atoms with Crippen LogP contribution in [0.1, 0.15) is 35.8 Å². The number of hydrogen-bond donors (Lipinski definition) is 0. The molecular formula is C12H13N3O. The molecular weight excluding hydrogens is 202 g/mol. The number of aromatic nitrogens is 3. The molecule has 0 saturated carbocycles. The Kier molecular flexibility index (Phi) is 2.81. The van der Waals surface area contributed by atoms with Crippen LogP contribution in [0.5, 0.6) is 0 Å². The number of carbonyl (C=O) groups excluding carboxylic acids is 1. The lowest BCUT2D eigenvalue weighted by atomic mass is 10.0. The summed E-state index contributed by atoms with van der Waals surface area (Å²) in [5.41, 5.74) is 2.53. The fourth-order valence-electron chi connectivity index (χ4n) is 1.47. The summed E-state index contributed by atoms with van der Waals surface area (Å²) in [7, 11) is 0. The van der Waals surface area contributed by atoms with Gasteiger partial charge in [0.15, 0.2) is 6.29 Å². The van der Waals surface area contributed by atoms with Gasteiger partial charge in [0.2, 0.25) is 0 Å². The van der Waals surface area contributed by atoms with Crippen LogP contribution in [0.3, 0.4) is 0 Å². The van der Waals surface area contributed by atoms with Crippen molar-refractivity contribution in [1.29, 1.82) is 0 Å². The van der Waals surface area contributed by atoms with Gasteiger partial charge in [0.25, 0.3) is 0 Å². The maximum absolute atomic E-state index is 10.5. The number of aldehydes is 1. The van der Waals surface area contributed by atoms with E-state index in [2.05, 4.69) is 36.3 Å². The van der Waals surface area contributed by atoms with Gasteiger partial charge in [-0.2, -0.15) is 0 Å². The van der Waals surface area contributed by atoms with E-state index in [0.29, 0.717) is 17.9 Å². The molecule has 1 heterocycles. The molecule has 0 amide bonds. The van der Waals surface area contributed by atoms with Crippen molar-refractivity contribution >= 4 is 6.29 Å². The second-order valence-corrected chi connectivity index (χ2v) is 3.95. The van der Waals surface area contributed by atoms with E-state index in [9.17, 15) is 4.79 Å². The van der Waals surface area contributed by atoms with Crippen LogP contribution in [0.15, 0.2) is 30.5 Å². The SMILES string of the molecule is CC(C)c1ccc(-n2cc(C=O)nn2)cc1.